The molecule has 0 bridgehead atoms. The summed E-state index contributed by atoms with van der Waals surface area (Å²) in [6, 6.07) is 7.97. The van der Waals surface area contributed by atoms with Gasteiger partial charge in [-0.3, -0.25) is 0 Å². The van der Waals surface area contributed by atoms with E-state index >= 15 is 0 Å². The second-order valence-electron chi connectivity index (χ2n) is 5.54. The molecule has 3 rings (SSSR count). The van der Waals surface area contributed by atoms with Crippen LogP contribution in [0.15, 0.2) is 24.3 Å². The Bertz CT molecular complexity index is 386. The monoisotopic (exact) mass is 233 g/mol. The van der Waals surface area contributed by atoms with Gasteiger partial charge in [0.05, 0.1) is 0 Å². The summed E-state index contributed by atoms with van der Waals surface area (Å²) in [6.45, 7) is 1.12. The maximum absolute atomic E-state index is 13.3. The fourth-order valence-electron chi connectivity index (χ4n) is 3.06. The zero-order chi connectivity index (χ0) is 11.7. The van der Waals surface area contributed by atoms with Crippen molar-refractivity contribution in [2.45, 2.75) is 44.1 Å². The molecule has 0 saturated heterocycles. The summed E-state index contributed by atoms with van der Waals surface area (Å²) in [5.74, 6) is 1.18. The molecule has 17 heavy (non-hydrogen) atoms. The van der Waals surface area contributed by atoms with Gasteiger partial charge in [-0.1, -0.05) is 18.6 Å². The van der Waals surface area contributed by atoms with Crippen LogP contribution >= 0.6 is 0 Å². The summed E-state index contributed by atoms with van der Waals surface area (Å²) >= 11 is 0. The Labute approximate surface area is 102 Å². The van der Waals surface area contributed by atoms with E-state index in [1.165, 1.54) is 43.7 Å². The molecule has 0 spiro atoms. The van der Waals surface area contributed by atoms with Crippen molar-refractivity contribution in [3.05, 3.63) is 35.6 Å². The van der Waals surface area contributed by atoms with Crippen LogP contribution in [0, 0.1) is 11.7 Å². The lowest BCUT2D eigenvalue weighted by Crippen LogP contribution is -2.26. The largest absolute Gasteiger partial charge is 0.314 e. The Morgan fingerprint density at radius 1 is 1.18 bits per heavy atom. The van der Waals surface area contributed by atoms with E-state index in [1.54, 1.807) is 6.07 Å². The first-order chi connectivity index (χ1) is 8.33. The summed E-state index contributed by atoms with van der Waals surface area (Å²) in [7, 11) is 0. The van der Waals surface area contributed by atoms with Gasteiger partial charge in [0.2, 0.25) is 0 Å². The average molecular weight is 233 g/mol. The van der Waals surface area contributed by atoms with Crippen LogP contribution in [0.3, 0.4) is 0 Å². The zero-order valence-electron chi connectivity index (χ0n) is 10.2. The van der Waals surface area contributed by atoms with E-state index in [2.05, 4.69) is 11.4 Å². The van der Waals surface area contributed by atoms with Crippen LogP contribution in [0.4, 0.5) is 4.39 Å². The Balaban J connectivity index is 1.67. The van der Waals surface area contributed by atoms with Crippen molar-refractivity contribution >= 4 is 0 Å². The Kier molecular flexibility index (Phi) is 3.15. The fourth-order valence-corrected chi connectivity index (χ4v) is 3.06. The maximum Gasteiger partial charge on any atom is 0.123 e. The Morgan fingerprint density at radius 2 is 2.06 bits per heavy atom. The van der Waals surface area contributed by atoms with Crippen LogP contribution in [0.2, 0.25) is 0 Å². The molecule has 2 aliphatic rings. The summed E-state index contributed by atoms with van der Waals surface area (Å²) in [4.78, 5) is 0. The van der Waals surface area contributed by atoms with Crippen LogP contribution in [0.1, 0.15) is 43.6 Å². The molecule has 2 unspecified atom stereocenters. The van der Waals surface area contributed by atoms with Crippen molar-refractivity contribution in [1.82, 2.24) is 5.32 Å². The van der Waals surface area contributed by atoms with E-state index in [1.807, 2.05) is 6.07 Å². The molecule has 2 saturated carbocycles. The number of rotatable bonds is 4. The molecule has 0 amide bonds. The predicted molar refractivity (Wildman–Crippen MR) is 67.5 cm³/mol. The lowest BCUT2D eigenvalue weighted by molar-refractivity contribution is 0.441. The normalized spacial score (nSPS) is 28.5. The van der Waals surface area contributed by atoms with Crippen LogP contribution < -0.4 is 5.32 Å². The topological polar surface area (TPSA) is 12.0 Å². The molecule has 0 aromatic heterocycles. The molecule has 0 radical (unpaired) electrons. The van der Waals surface area contributed by atoms with Crippen molar-refractivity contribution in [1.29, 1.82) is 0 Å². The number of benzene rings is 1. The molecule has 1 aromatic carbocycles. The second-order valence-corrected chi connectivity index (χ2v) is 5.54. The van der Waals surface area contributed by atoms with Gasteiger partial charge >= 0.3 is 0 Å². The summed E-state index contributed by atoms with van der Waals surface area (Å²) < 4.78 is 13.3. The van der Waals surface area contributed by atoms with Gasteiger partial charge in [0.25, 0.3) is 0 Å². The molecular formula is C15H20FN. The first-order valence-corrected chi connectivity index (χ1v) is 6.82. The number of hydrogen-bond acceptors (Lipinski definition) is 1. The van der Waals surface area contributed by atoms with Crippen LogP contribution in [0.25, 0.3) is 0 Å². The van der Waals surface area contributed by atoms with Crippen LogP contribution in [0.5, 0.6) is 0 Å². The van der Waals surface area contributed by atoms with Crippen LogP contribution in [-0.2, 0) is 0 Å². The van der Waals surface area contributed by atoms with Crippen molar-refractivity contribution in [2.75, 3.05) is 6.54 Å². The lowest BCUT2D eigenvalue weighted by Gasteiger charge is -2.20. The first-order valence-electron chi connectivity index (χ1n) is 6.82. The maximum atomic E-state index is 13.3. The number of hydrogen-bond donors (Lipinski definition) is 1. The SMILES string of the molecule is Fc1cccc(C2CCCC2CNC2CC2)c1. The van der Waals surface area contributed by atoms with Gasteiger partial charge in [-0.05, 0) is 61.8 Å². The number of halogens is 1. The van der Waals surface area contributed by atoms with Gasteiger partial charge in [-0.15, -0.1) is 0 Å². The quantitative estimate of drug-likeness (QED) is 0.839. The summed E-state index contributed by atoms with van der Waals surface area (Å²) in [5, 5.41) is 3.62. The third kappa shape index (κ3) is 2.68. The van der Waals surface area contributed by atoms with E-state index in [9.17, 15) is 4.39 Å². The molecule has 0 heterocycles. The smallest absolute Gasteiger partial charge is 0.123 e. The molecule has 1 N–H and O–H groups in total. The molecule has 2 atom stereocenters. The van der Waals surface area contributed by atoms with Crippen molar-refractivity contribution in [3.8, 4) is 0 Å². The third-order valence-corrected chi connectivity index (χ3v) is 4.18. The zero-order valence-corrected chi connectivity index (χ0v) is 10.2. The molecule has 1 nitrogen and oxygen atoms in total. The van der Waals surface area contributed by atoms with Gasteiger partial charge in [0.15, 0.2) is 0 Å². The highest BCUT2D eigenvalue weighted by Crippen LogP contribution is 2.39. The highest BCUT2D eigenvalue weighted by molar-refractivity contribution is 5.22. The molecule has 2 fully saturated rings. The minimum absolute atomic E-state index is 0.0942. The van der Waals surface area contributed by atoms with Gasteiger partial charge in [-0.25, -0.2) is 4.39 Å². The molecular weight excluding hydrogens is 213 g/mol. The molecule has 1 aromatic rings. The van der Waals surface area contributed by atoms with Crippen molar-refractivity contribution in [3.63, 3.8) is 0 Å². The molecule has 2 aliphatic carbocycles. The van der Waals surface area contributed by atoms with Gasteiger partial charge in [0, 0.05) is 6.04 Å². The van der Waals surface area contributed by atoms with E-state index in [0.29, 0.717) is 11.8 Å². The number of nitrogens with one attached hydrogen (secondary N) is 1. The first kappa shape index (κ1) is 11.2. The van der Waals surface area contributed by atoms with E-state index in [0.717, 1.165) is 12.6 Å². The highest BCUT2D eigenvalue weighted by atomic mass is 19.1. The van der Waals surface area contributed by atoms with E-state index in [-0.39, 0.29) is 5.82 Å². The predicted octanol–water partition coefficient (Wildman–Crippen LogP) is 3.46. The minimum Gasteiger partial charge on any atom is -0.314 e. The minimum atomic E-state index is -0.0942. The summed E-state index contributed by atoms with van der Waals surface area (Å²) in [5.41, 5.74) is 1.20. The summed E-state index contributed by atoms with van der Waals surface area (Å²) in [6.07, 6.45) is 6.49. The van der Waals surface area contributed by atoms with Gasteiger partial charge in [-0.2, -0.15) is 0 Å². The van der Waals surface area contributed by atoms with E-state index in [4.69, 9.17) is 0 Å². The van der Waals surface area contributed by atoms with Crippen molar-refractivity contribution in [2.24, 2.45) is 5.92 Å². The van der Waals surface area contributed by atoms with E-state index < -0.39 is 0 Å². The average Bonchev–Trinajstić information content (AvgIpc) is 3.04. The Morgan fingerprint density at radius 3 is 2.82 bits per heavy atom. The molecule has 2 heteroatoms. The fraction of sp³-hybridized carbons (Fsp3) is 0.600. The van der Waals surface area contributed by atoms with Gasteiger partial charge in [0.1, 0.15) is 5.82 Å². The second kappa shape index (κ2) is 4.77. The third-order valence-electron chi connectivity index (χ3n) is 4.18. The Hall–Kier alpha value is -0.890. The molecule has 92 valence electrons. The molecule has 0 aliphatic heterocycles. The highest BCUT2D eigenvalue weighted by Gasteiger charge is 2.30. The van der Waals surface area contributed by atoms with Crippen LogP contribution in [-0.4, -0.2) is 12.6 Å². The van der Waals surface area contributed by atoms with Gasteiger partial charge < -0.3 is 5.32 Å². The standard InChI is InChI=1S/C15H20FN/c16-13-5-1-3-11(9-13)15-6-2-4-12(15)10-17-14-7-8-14/h1,3,5,9,12,14-15,17H,2,4,6-8,10H2. The lowest BCUT2D eigenvalue weighted by atomic mass is 9.89. The van der Waals surface area contributed by atoms with Crippen molar-refractivity contribution < 1.29 is 4.39 Å².